The molecule has 2 N–H and O–H groups in total. The molecule has 0 spiro atoms. The Balaban J connectivity index is 1.72. The molecule has 3 nitrogen and oxygen atoms in total. The lowest BCUT2D eigenvalue weighted by Gasteiger charge is -2.22. The van der Waals surface area contributed by atoms with Crippen LogP contribution in [-0.4, -0.2) is 16.7 Å². The van der Waals surface area contributed by atoms with Crippen molar-refractivity contribution in [1.82, 2.24) is 10.2 Å². The number of rotatable bonds is 4. The highest BCUT2D eigenvalue weighted by atomic mass is 32.1. The predicted molar refractivity (Wildman–Crippen MR) is 78.5 cm³/mol. The van der Waals surface area contributed by atoms with Crippen molar-refractivity contribution in [2.45, 2.75) is 38.0 Å². The maximum atomic E-state index is 5.54. The van der Waals surface area contributed by atoms with Crippen molar-refractivity contribution in [2.24, 2.45) is 5.73 Å². The Hall–Kier alpha value is -1.26. The second-order valence-corrected chi connectivity index (χ2v) is 6.23. The molecule has 1 atom stereocenters. The Morgan fingerprint density at radius 3 is 2.89 bits per heavy atom. The van der Waals surface area contributed by atoms with Gasteiger partial charge in [0.25, 0.3) is 0 Å². The van der Waals surface area contributed by atoms with Gasteiger partial charge in [-0.05, 0) is 43.4 Å². The van der Waals surface area contributed by atoms with Gasteiger partial charge in [0.2, 0.25) is 0 Å². The van der Waals surface area contributed by atoms with Crippen LogP contribution in [0.4, 0.5) is 0 Å². The quantitative estimate of drug-likeness (QED) is 0.932. The van der Waals surface area contributed by atoms with Crippen molar-refractivity contribution in [1.29, 1.82) is 0 Å². The summed E-state index contributed by atoms with van der Waals surface area (Å²) in [6.45, 7) is 0.728. The van der Waals surface area contributed by atoms with Gasteiger partial charge in [-0.2, -0.15) is 0 Å². The zero-order valence-electron chi connectivity index (χ0n) is 11.0. The molecule has 1 aromatic heterocycles. The molecule has 100 valence electrons. The molecule has 3 rings (SSSR count). The summed E-state index contributed by atoms with van der Waals surface area (Å²) in [6.07, 6.45) is 5.45. The highest BCUT2D eigenvalue weighted by Gasteiger charge is 2.22. The summed E-state index contributed by atoms with van der Waals surface area (Å²) >= 11 is 1.78. The topological polar surface area (TPSA) is 51.8 Å². The van der Waals surface area contributed by atoms with Crippen LogP contribution in [0.3, 0.4) is 0 Å². The Labute approximate surface area is 117 Å². The van der Waals surface area contributed by atoms with Gasteiger partial charge < -0.3 is 5.73 Å². The van der Waals surface area contributed by atoms with Crippen LogP contribution >= 0.6 is 11.3 Å². The molecule has 2 aromatic rings. The van der Waals surface area contributed by atoms with E-state index < -0.39 is 0 Å². The zero-order chi connectivity index (χ0) is 13.1. The molecule has 0 amide bonds. The Morgan fingerprint density at radius 2 is 2.05 bits per heavy atom. The van der Waals surface area contributed by atoms with Crippen LogP contribution in [0.5, 0.6) is 0 Å². The van der Waals surface area contributed by atoms with Crippen molar-refractivity contribution in [3.8, 4) is 0 Å². The first kappa shape index (κ1) is 12.8. The first-order chi connectivity index (χ1) is 9.36. The van der Waals surface area contributed by atoms with E-state index in [1.54, 1.807) is 11.3 Å². The molecule has 0 aliphatic heterocycles. The lowest BCUT2D eigenvalue weighted by atomic mass is 9.84. The molecule has 4 heteroatoms. The summed E-state index contributed by atoms with van der Waals surface area (Å²) in [6, 6.07) is 8.76. The summed E-state index contributed by atoms with van der Waals surface area (Å²) in [7, 11) is 0. The third-order valence-electron chi connectivity index (χ3n) is 3.77. The summed E-state index contributed by atoms with van der Waals surface area (Å²) < 4.78 is 0. The van der Waals surface area contributed by atoms with E-state index in [9.17, 15) is 0 Å². The van der Waals surface area contributed by atoms with Crippen molar-refractivity contribution < 1.29 is 0 Å². The maximum Gasteiger partial charge on any atom is 0.120 e. The number of nitrogens with zero attached hydrogens (tertiary/aromatic N) is 2. The van der Waals surface area contributed by atoms with Crippen LogP contribution in [0.15, 0.2) is 24.3 Å². The van der Waals surface area contributed by atoms with Crippen LogP contribution in [0, 0.1) is 0 Å². The van der Waals surface area contributed by atoms with E-state index in [4.69, 9.17) is 5.73 Å². The molecule has 1 aliphatic rings. The Kier molecular flexibility index (Phi) is 3.89. The van der Waals surface area contributed by atoms with Crippen molar-refractivity contribution >= 4 is 11.3 Å². The third kappa shape index (κ3) is 2.85. The average Bonchev–Trinajstić information content (AvgIpc) is 2.93. The standard InChI is InChI=1S/C15H19N3S/c16-9-3-6-14-17-18-15(19-14)13-8-7-11-4-1-2-5-12(11)10-13/h1-2,4-5,13H,3,6-10,16H2. The van der Waals surface area contributed by atoms with E-state index in [2.05, 4.69) is 34.5 Å². The monoisotopic (exact) mass is 273 g/mol. The molecule has 0 saturated heterocycles. The van der Waals surface area contributed by atoms with Crippen LogP contribution in [-0.2, 0) is 19.3 Å². The first-order valence-electron chi connectivity index (χ1n) is 6.96. The number of hydrogen-bond acceptors (Lipinski definition) is 4. The maximum absolute atomic E-state index is 5.54. The SMILES string of the molecule is NCCCc1nnc(C2CCc3ccccc3C2)s1. The summed E-state index contributed by atoms with van der Waals surface area (Å²) in [5.41, 5.74) is 8.53. The fourth-order valence-electron chi connectivity index (χ4n) is 2.69. The molecule has 0 saturated carbocycles. The largest absolute Gasteiger partial charge is 0.330 e. The van der Waals surface area contributed by atoms with E-state index >= 15 is 0 Å². The molecule has 19 heavy (non-hydrogen) atoms. The lowest BCUT2D eigenvalue weighted by Crippen LogP contribution is -2.12. The molecule has 0 radical (unpaired) electrons. The molecule has 1 aliphatic carbocycles. The number of hydrogen-bond donors (Lipinski definition) is 1. The third-order valence-corrected chi connectivity index (χ3v) is 4.92. The molecule has 0 fully saturated rings. The van der Waals surface area contributed by atoms with Gasteiger partial charge in [0.1, 0.15) is 10.0 Å². The summed E-state index contributed by atoms with van der Waals surface area (Å²) in [5.74, 6) is 0.555. The Morgan fingerprint density at radius 1 is 1.21 bits per heavy atom. The minimum absolute atomic E-state index is 0.555. The number of benzene rings is 1. The smallest absolute Gasteiger partial charge is 0.120 e. The lowest BCUT2D eigenvalue weighted by molar-refractivity contribution is 0.577. The van der Waals surface area contributed by atoms with Gasteiger partial charge in [-0.25, -0.2) is 0 Å². The van der Waals surface area contributed by atoms with Crippen LogP contribution < -0.4 is 5.73 Å². The molecule has 0 bridgehead atoms. The van der Waals surface area contributed by atoms with Gasteiger partial charge in [-0.15, -0.1) is 21.5 Å². The predicted octanol–water partition coefficient (Wildman–Crippen LogP) is 2.70. The summed E-state index contributed by atoms with van der Waals surface area (Å²) in [5, 5.41) is 11.0. The van der Waals surface area contributed by atoms with E-state index in [1.165, 1.54) is 29.0 Å². The summed E-state index contributed by atoms with van der Waals surface area (Å²) in [4.78, 5) is 0. The van der Waals surface area contributed by atoms with Crippen molar-refractivity contribution in [3.63, 3.8) is 0 Å². The van der Waals surface area contributed by atoms with E-state index in [1.807, 2.05) is 0 Å². The van der Waals surface area contributed by atoms with Crippen LogP contribution in [0.25, 0.3) is 0 Å². The molecular formula is C15H19N3S. The molecular weight excluding hydrogens is 254 g/mol. The van der Waals surface area contributed by atoms with Gasteiger partial charge in [0, 0.05) is 12.3 Å². The fourth-order valence-corrected chi connectivity index (χ4v) is 3.71. The van der Waals surface area contributed by atoms with Gasteiger partial charge in [0.05, 0.1) is 0 Å². The van der Waals surface area contributed by atoms with Gasteiger partial charge in [0.15, 0.2) is 0 Å². The van der Waals surface area contributed by atoms with Gasteiger partial charge in [-0.1, -0.05) is 24.3 Å². The molecule has 1 aromatic carbocycles. The normalized spacial score (nSPS) is 18.3. The van der Waals surface area contributed by atoms with E-state index in [0.29, 0.717) is 5.92 Å². The Bertz CT molecular complexity index is 550. The van der Waals surface area contributed by atoms with Gasteiger partial charge in [-0.3, -0.25) is 0 Å². The van der Waals surface area contributed by atoms with Gasteiger partial charge >= 0.3 is 0 Å². The van der Waals surface area contributed by atoms with Crippen molar-refractivity contribution in [3.05, 3.63) is 45.4 Å². The minimum Gasteiger partial charge on any atom is -0.330 e. The molecule has 1 unspecified atom stereocenters. The van der Waals surface area contributed by atoms with Crippen LogP contribution in [0.2, 0.25) is 0 Å². The van der Waals surface area contributed by atoms with E-state index in [-0.39, 0.29) is 0 Å². The highest BCUT2D eigenvalue weighted by molar-refractivity contribution is 7.11. The zero-order valence-corrected chi connectivity index (χ0v) is 11.8. The average molecular weight is 273 g/mol. The number of aryl methyl sites for hydroxylation is 2. The number of fused-ring (bicyclic) bond motifs is 1. The van der Waals surface area contributed by atoms with Crippen molar-refractivity contribution in [2.75, 3.05) is 6.54 Å². The first-order valence-corrected chi connectivity index (χ1v) is 7.77. The van der Waals surface area contributed by atoms with E-state index in [0.717, 1.165) is 30.8 Å². The highest BCUT2D eigenvalue weighted by Crippen LogP contribution is 2.33. The fraction of sp³-hybridized carbons (Fsp3) is 0.467. The van der Waals surface area contributed by atoms with Crippen LogP contribution in [0.1, 0.15) is 39.9 Å². The number of nitrogens with two attached hydrogens (primary N) is 1. The second-order valence-electron chi connectivity index (χ2n) is 5.13. The number of aromatic nitrogens is 2. The molecule has 1 heterocycles. The second kappa shape index (κ2) is 5.80. The minimum atomic E-state index is 0.555.